The minimum Gasteiger partial charge on any atom is -0.497 e. The summed E-state index contributed by atoms with van der Waals surface area (Å²) in [5, 5.41) is 6.51. The highest BCUT2D eigenvalue weighted by Gasteiger charge is 2.05. The normalized spacial score (nSPS) is 11.1. The third kappa shape index (κ3) is 8.96. The number of carbonyl (C=O) groups excluding carboxylic acids is 1. The summed E-state index contributed by atoms with van der Waals surface area (Å²) in [5.74, 6) is 1.39. The lowest BCUT2D eigenvalue weighted by Crippen LogP contribution is -2.41. The summed E-state index contributed by atoms with van der Waals surface area (Å²) in [7, 11) is 5.10. The van der Waals surface area contributed by atoms with Crippen molar-refractivity contribution < 1.29 is 14.3 Å². The van der Waals surface area contributed by atoms with Gasteiger partial charge in [0, 0.05) is 27.2 Å². The second-order valence-electron chi connectivity index (χ2n) is 6.94. The average Bonchev–Trinajstić information content (AvgIpc) is 2.77. The number of guanidine groups is 1. The Bertz CT molecular complexity index is 777. The molecule has 7 nitrogen and oxygen atoms in total. The number of aliphatic imine (C=N–C) groups is 1. The molecule has 0 aliphatic heterocycles. The molecule has 7 heteroatoms. The highest BCUT2D eigenvalue weighted by Crippen LogP contribution is 2.11. The second-order valence-corrected chi connectivity index (χ2v) is 6.94. The topological polar surface area (TPSA) is 75.2 Å². The summed E-state index contributed by atoms with van der Waals surface area (Å²) < 4.78 is 10.9. The Morgan fingerprint density at radius 3 is 2.33 bits per heavy atom. The van der Waals surface area contributed by atoms with E-state index in [1.807, 2.05) is 42.5 Å². The van der Waals surface area contributed by atoms with Crippen molar-refractivity contribution in [1.82, 2.24) is 15.5 Å². The number of nitrogens with one attached hydrogen (secondary N) is 2. The van der Waals surface area contributed by atoms with Gasteiger partial charge in [0.1, 0.15) is 12.3 Å². The van der Waals surface area contributed by atoms with Crippen LogP contribution in [-0.4, -0.2) is 64.2 Å². The second kappa shape index (κ2) is 13.2. The van der Waals surface area contributed by atoms with Gasteiger partial charge in [-0.3, -0.25) is 4.79 Å². The molecule has 0 radical (unpaired) electrons. The molecular formula is C23H32N4O3. The van der Waals surface area contributed by atoms with E-state index in [0.717, 1.165) is 24.3 Å². The average molecular weight is 413 g/mol. The lowest BCUT2D eigenvalue weighted by atomic mass is 10.1. The fraction of sp³-hybridized carbons (Fsp3) is 0.391. The number of carbonyl (C=O) groups is 1. The van der Waals surface area contributed by atoms with E-state index in [1.165, 1.54) is 10.5 Å². The fourth-order valence-electron chi connectivity index (χ4n) is 2.59. The van der Waals surface area contributed by atoms with Gasteiger partial charge in [0.05, 0.1) is 20.3 Å². The van der Waals surface area contributed by atoms with Crippen molar-refractivity contribution in [1.29, 1.82) is 0 Å². The molecule has 0 fully saturated rings. The van der Waals surface area contributed by atoms with Crippen LogP contribution in [0.5, 0.6) is 5.75 Å². The molecule has 0 atom stereocenters. The van der Waals surface area contributed by atoms with Gasteiger partial charge in [0.25, 0.3) is 0 Å². The van der Waals surface area contributed by atoms with Crippen molar-refractivity contribution in [3.05, 3.63) is 65.7 Å². The summed E-state index contributed by atoms with van der Waals surface area (Å²) in [5.41, 5.74) is 2.33. The predicted octanol–water partition coefficient (Wildman–Crippen LogP) is 2.08. The zero-order chi connectivity index (χ0) is 21.6. The third-order valence-electron chi connectivity index (χ3n) is 4.39. The molecule has 30 heavy (non-hydrogen) atoms. The number of amides is 1. The first kappa shape index (κ1) is 23.2. The fourth-order valence-corrected chi connectivity index (χ4v) is 2.59. The van der Waals surface area contributed by atoms with Crippen LogP contribution in [0.1, 0.15) is 11.1 Å². The molecule has 0 aliphatic rings. The smallest absolute Gasteiger partial charge is 0.243 e. The summed E-state index contributed by atoms with van der Waals surface area (Å²) in [6, 6.07) is 18.0. The van der Waals surface area contributed by atoms with Gasteiger partial charge < -0.3 is 25.0 Å². The minimum absolute atomic E-state index is 0.0464. The summed E-state index contributed by atoms with van der Waals surface area (Å²) in [4.78, 5) is 17.8. The molecule has 0 bridgehead atoms. The molecule has 162 valence electrons. The van der Waals surface area contributed by atoms with Gasteiger partial charge in [-0.05, 0) is 29.7 Å². The molecule has 2 aromatic rings. The van der Waals surface area contributed by atoms with Crippen molar-refractivity contribution in [2.45, 2.75) is 13.0 Å². The van der Waals surface area contributed by atoms with Crippen molar-refractivity contribution in [2.75, 3.05) is 47.4 Å². The highest BCUT2D eigenvalue weighted by atomic mass is 16.5. The Kier molecular flexibility index (Phi) is 10.2. The maximum atomic E-state index is 11.9. The Hall–Kier alpha value is -3.06. The Morgan fingerprint density at radius 1 is 0.967 bits per heavy atom. The number of likely N-dealkylation sites (N-methyl/N-ethyl adjacent to an activating group) is 1. The molecular weight excluding hydrogens is 380 g/mol. The van der Waals surface area contributed by atoms with Crippen LogP contribution in [0.4, 0.5) is 0 Å². The molecule has 2 aromatic carbocycles. The van der Waals surface area contributed by atoms with Crippen molar-refractivity contribution in [3.63, 3.8) is 0 Å². The number of ether oxygens (including phenoxy) is 2. The molecule has 2 rings (SSSR count). The SMILES string of the molecule is COc1ccc(COCCNC(=NCC(=O)N(C)C)NCCc2ccccc2)cc1. The van der Waals surface area contributed by atoms with E-state index in [9.17, 15) is 4.79 Å². The summed E-state index contributed by atoms with van der Waals surface area (Å²) in [6.07, 6.45) is 0.872. The first-order valence-corrected chi connectivity index (χ1v) is 10.1. The van der Waals surface area contributed by atoms with Gasteiger partial charge in [0.15, 0.2) is 5.96 Å². The van der Waals surface area contributed by atoms with Gasteiger partial charge in [-0.25, -0.2) is 4.99 Å². The van der Waals surface area contributed by atoms with Gasteiger partial charge in [-0.2, -0.15) is 0 Å². The number of hydrogen-bond donors (Lipinski definition) is 2. The summed E-state index contributed by atoms with van der Waals surface area (Å²) in [6.45, 7) is 2.45. The van der Waals surface area contributed by atoms with Gasteiger partial charge >= 0.3 is 0 Å². The van der Waals surface area contributed by atoms with Crippen LogP contribution in [0.3, 0.4) is 0 Å². The van der Waals surface area contributed by atoms with Crippen LogP contribution >= 0.6 is 0 Å². The van der Waals surface area contributed by atoms with Crippen LogP contribution in [0, 0.1) is 0 Å². The largest absolute Gasteiger partial charge is 0.497 e. The molecule has 0 saturated heterocycles. The quantitative estimate of drug-likeness (QED) is 0.336. The number of methoxy groups -OCH3 is 1. The lowest BCUT2D eigenvalue weighted by Gasteiger charge is -2.14. The molecule has 1 amide bonds. The highest BCUT2D eigenvalue weighted by molar-refractivity contribution is 5.84. The number of benzene rings is 2. The Balaban J connectivity index is 1.76. The number of hydrogen-bond acceptors (Lipinski definition) is 4. The van der Waals surface area contributed by atoms with E-state index in [-0.39, 0.29) is 12.5 Å². The van der Waals surface area contributed by atoms with E-state index in [4.69, 9.17) is 9.47 Å². The minimum atomic E-state index is -0.0464. The zero-order valence-corrected chi connectivity index (χ0v) is 18.1. The van der Waals surface area contributed by atoms with Crippen LogP contribution in [0.25, 0.3) is 0 Å². The molecule has 0 spiro atoms. The molecule has 0 aromatic heterocycles. The van der Waals surface area contributed by atoms with E-state index in [2.05, 4.69) is 27.8 Å². The van der Waals surface area contributed by atoms with Crippen molar-refractivity contribution in [2.24, 2.45) is 4.99 Å². The maximum Gasteiger partial charge on any atom is 0.243 e. The van der Waals surface area contributed by atoms with E-state index < -0.39 is 0 Å². The lowest BCUT2D eigenvalue weighted by molar-refractivity contribution is -0.127. The van der Waals surface area contributed by atoms with Gasteiger partial charge in [-0.1, -0.05) is 42.5 Å². The van der Waals surface area contributed by atoms with E-state index in [1.54, 1.807) is 21.2 Å². The van der Waals surface area contributed by atoms with Crippen LogP contribution in [-0.2, 0) is 22.6 Å². The molecule has 0 unspecified atom stereocenters. The third-order valence-corrected chi connectivity index (χ3v) is 4.39. The number of rotatable bonds is 11. The van der Waals surface area contributed by atoms with Gasteiger partial charge in [0.2, 0.25) is 5.91 Å². The van der Waals surface area contributed by atoms with Crippen molar-refractivity contribution in [3.8, 4) is 5.75 Å². The van der Waals surface area contributed by atoms with Gasteiger partial charge in [-0.15, -0.1) is 0 Å². The maximum absolute atomic E-state index is 11.9. The zero-order valence-electron chi connectivity index (χ0n) is 18.1. The molecule has 0 saturated carbocycles. The Morgan fingerprint density at radius 2 is 1.67 bits per heavy atom. The van der Waals surface area contributed by atoms with Crippen LogP contribution in [0.2, 0.25) is 0 Å². The van der Waals surface area contributed by atoms with Crippen LogP contribution < -0.4 is 15.4 Å². The van der Waals surface area contributed by atoms with E-state index >= 15 is 0 Å². The predicted molar refractivity (Wildman–Crippen MR) is 120 cm³/mol. The Labute approximate surface area is 179 Å². The first-order chi connectivity index (χ1) is 14.6. The number of nitrogens with zero attached hydrogens (tertiary/aromatic N) is 2. The molecule has 2 N–H and O–H groups in total. The molecule has 0 heterocycles. The summed E-state index contributed by atoms with van der Waals surface area (Å²) >= 11 is 0. The van der Waals surface area contributed by atoms with Crippen molar-refractivity contribution >= 4 is 11.9 Å². The van der Waals surface area contributed by atoms with Crippen LogP contribution in [0.15, 0.2) is 59.6 Å². The monoisotopic (exact) mass is 412 g/mol. The first-order valence-electron chi connectivity index (χ1n) is 10.1. The van der Waals surface area contributed by atoms with E-state index in [0.29, 0.717) is 25.7 Å². The molecule has 0 aliphatic carbocycles. The standard InChI is InChI=1S/C23H32N4O3/c1-27(2)22(28)17-26-23(24-14-13-19-7-5-4-6-8-19)25-15-16-30-18-20-9-11-21(29-3)12-10-20/h4-12H,13-18H2,1-3H3,(H2,24,25,26).